The fourth-order valence-corrected chi connectivity index (χ4v) is 3.91. The Bertz CT molecular complexity index is 755. The van der Waals surface area contributed by atoms with E-state index in [1.54, 1.807) is 6.08 Å². The van der Waals surface area contributed by atoms with E-state index < -0.39 is 0 Å². The zero-order chi connectivity index (χ0) is 17.8. The van der Waals surface area contributed by atoms with Crippen LogP contribution in [0.4, 0.5) is 0 Å². The average molecular weight is 390 g/mol. The molecule has 1 aromatic carbocycles. The lowest BCUT2D eigenvalue weighted by Gasteiger charge is -2.32. The van der Waals surface area contributed by atoms with Gasteiger partial charge in [-0.1, -0.05) is 24.8 Å². The fourth-order valence-electron chi connectivity index (χ4n) is 3.91. The Hall–Kier alpha value is -1.89. The number of piperidine rings is 1. The Labute approximate surface area is 167 Å². The Morgan fingerprint density at radius 3 is 2.89 bits per heavy atom. The quantitative estimate of drug-likeness (QED) is 0.770. The summed E-state index contributed by atoms with van der Waals surface area (Å²) >= 11 is 0. The van der Waals surface area contributed by atoms with Gasteiger partial charge >= 0.3 is 0 Å². The molecule has 146 valence electrons. The first-order chi connectivity index (χ1) is 12.8. The minimum atomic E-state index is 0. The zero-order valence-electron chi connectivity index (χ0n) is 15.6. The van der Waals surface area contributed by atoms with Crippen LogP contribution in [0.25, 0.3) is 0 Å². The molecule has 1 aromatic heterocycles. The van der Waals surface area contributed by atoms with E-state index in [9.17, 15) is 0 Å². The molecule has 0 amide bonds. The van der Waals surface area contributed by atoms with Crippen molar-refractivity contribution in [3.63, 3.8) is 0 Å². The monoisotopic (exact) mass is 389 g/mol. The van der Waals surface area contributed by atoms with Crippen LogP contribution in [0.15, 0.2) is 36.9 Å². The van der Waals surface area contributed by atoms with Gasteiger partial charge in [0.1, 0.15) is 24.0 Å². The highest BCUT2D eigenvalue weighted by Gasteiger charge is 2.26. The molecular weight excluding hydrogens is 362 g/mol. The van der Waals surface area contributed by atoms with E-state index in [4.69, 9.17) is 4.74 Å². The van der Waals surface area contributed by atoms with Gasteiger partial charge in [-0.3, -0.25) is 4.90 Å². The number of nitrogens with one attached hydrogen (secondary N) is 1. The van der Waals surface area contributed by atoms with Crippen LogP contribution in [-0.4, -0.2) is 45.9 Å². The van der Waals surface area contributed by atoms with Gasteiger partial charge in [0.05, 0.1) is 6.54 Å². The van der Waals surface area contributed by atoms with E-state index in [1.807, 2.05) is 6.07 Å². The average Bonchev–Trinajstić information content (AvgIpc) is 3.11. The molecule has 0 bridgehead atoms. The van der Waals surface area contributed by atoms with Gasteiger partial charge in [-0.15, -0.1) is 22.6 Å². The van der Waals surface area contributed by atoms with Crippen LogP contribution in [0.5, 0.6) is 5.75 Å². The maximum absolute atomic E-state index is 5.64. The molecular formula is C20H28ClN5O. The summed E-state index contributed by atoms with van der Waals surface area (Å²) in [6.07, 6.45) is 4.08. The van der Waals surface area contributed by atoms with Crippen molar-refractivity contribution in [3.8, 4) is 5.75 Å². The Morgan fingerprint density at radius 2 is 2.07 bits per heavy atom. The van der Waals surface area contributed by atoms with Crippen LogP contribution in [-0.2, 0) is 19.6 Å². The van der Waals surface area contributed by atoms with Crippen LogP contribution in [0, 0.1) is 0 Å². The van der Waals surface area contributed by atoms with Gasteiger partial charge in [-0.25, -0.2) is 0 Å². The minimum Gasteiger partial charge on any atom is -0.490 e. The van der Waals surface area contributed by atoms with Gasteiger partial charge in [0.25, 0.3) is 0 Å². The Kier molecular flexibility index (Phi) is 6.88. The van der Waals surface area contributed by atoms with Crippen LogP contribution in [0.3, 0.4) is 0 Å². The first kappa shape index (κ1) is 19.9. The number of nitrogens with zero attached hydrogens (tertiary/aromatic N) is 4. The highest BCUT2D eigenvalue weighted by Crippen LogP contribution is 2.28. The summed E-state index contributed by atoms with van der Waals surface area (Å²) in [5, 5.41) is 12.2. The van der Waals surface area contributed by atoms with Gasteiger partial charge in [-0.05, 0) is 43.6 Å². The lowest BCUT2D eigenvalue weighted by molar-refractivity contribution is 0.199. The number of likely N-dealkylation sites (tertiary alicyclic amines) is 1. The Balaban J connectivity index is 0.00000210. The van der Waals surface area contributed by atoms with Gasteiger partial charge in [-0.2, -0.15) is 0 Å². The lowest BCUT2D eigenvalue weighted by Crippen LogP contribution is -2.34. The molecule has 0 unspecified atom stereocenters. The van der Waals surface area contributed by atoms with E-state index in [1.165, 1.54) is 11.4 Å². The van der Waals surface area contributed by atoms with E-state index in [-0.39, 0.29) is 12.4 Å². The molecule has 7 heteroatoms. The third kappa shape index (κ3) is 4.69. The number of hydrogen-bond donors (Lipinski definition) is 1. The van der Waals surface area contributed by atoms with Crippen molar-refractivity contribution in [2.24, 2.45) is 0 Å². The summed E-state index contributed by atoms with van der Waals surface area (Å²) in [5.74, 6) is 3.74. The smallest absolute Gasteiger partial charge is 0.147 e. The van der Waals surface area contributed by atoms with Gasteiger partial charge in [0, 0.05) is 25.6 Å². The summed E-state index contributed by atoms with van der Waals surface area (Å²) in [6.45, 7) is 10.3. The third-order valence-corrected chi connectivity index (χ3v) is 5.28. The third-order valence-electron chi connectivity index (χ3n) is 5.28. The molecule has 2 aliphatic rings. The van der Waals surface area contributed by atoms with E-state index >= 15 is 0 Å². The summed E-state index contributed by atoms with van der Waals surface area (Å²) in [4.78, 5) is 2.53. The number of halogens is 1. The molecule has 0 spiro atoms. The molecule has 6 nitrogen and oxygen atoms in total. The highest BCUT2D eigenvalue weighted by molar-refractivity contribution is 5.85. The second kappa shape index (κ2) is 9.35. The van der Waals surface area contributed by atoms with E-state index in [0.717, 1.165) is 63.7 Å². The maximum atomic E-state index is 5.64. The highest BCUT2D eigenvalue weighted by atomic mass is 35.5. The van der Waals surface area contributed by atoms with Crippen molar-refractivity contribution >= 4 is 12.4 Å². The van der Waals surface area contributed by atoms with Crippen molar-refractivity contribution in [2.75, 3.05) is 26.2 Å². The number of rotatable bonds is 6. The van der Waals surface area contributed by atoms with E-state index in [0.29, 0.717) is 12.5 Å². The number of benzene rings is 1. The van der Waals surface area contributed by atoms with Crippen LogP contribution in [0.2, 0.25) is 0 Å². The molecule has 2 aliphatic heterocycles. The molecule has 4 rings (SSSR count). The topological polar surface area (TPSA) is 55.2 Å². The molecule has 0 radical (unpaired) electrons. The second-order valence-corrected chi connectivity index (χ2v) is 7.10. The second-order valence-electron chi connectivity index (χ2n) is 7.10. The number of fused-ring (bicyclic) bond motifs is 1. The van der Waals surface area contributed by atoms with Crippen molar-refractivity contribution in [3.05, 3.63) is 54.1 Å². The molecule has 0 saturated carbocycles. The molecule has 1 N–H and O–H groups in total. The van der Waals surface area contributed by atoms with Crippen molar-refractivity contribution < 1.29 is 4.74 Å². The Morgan fingerprint density at radius 1 is 1.22 bits per heavy atom. The molecule has 3 heterocycles. The lowest BCUT2D eigenvalue weighted by atomic mass is 9.95. The van der Waals surface area contributed by atoms with Crippen LogP contribution in [0.1, 0.15) is 36.0 Å². The summed E-state index contributed by atoms with van der Waals surface area (Å²) < 4.78 is 7.97. The van der Waals surface area contributed by atoms with Crippen LogP contribution < -0.4 is 10.1 Å². The van der Waals surface area contributed by atoms with Gasteiger partial charge < -0.3 is 14.6 Å². The number of ether oxygens (including phenoxy) is 1. The van der Waals surface area contributed by atoms with Crippen molar-refractivity contribution in [1.29, 1.82) is 0 Å². The van der Waals surface area contributed by atoms with Crippen molar-refractivity contribution in [1.82, 2.24) is 25.0 Å². The molecule has 1 fully saturated rings. The molecule has 0 atom stereocenters. The summed E-state index contributed by atoms with van der Waals surface area (Å²) in [5.41, 5.74) is 1.30. The molecule has 0 aliphatic carbocycles. The van der Waals surface area contributed by atoms with Gasteiger partial charge in [0.2, 0.25) is 0 Å². The summed E-state index contributed by atoms with van der Waals surface area (Å²) in [7, 11) is 0. The zero-order valence-corrected chi connectivity index (χ0v) is 16.5. The molecule has 2 aromatic rings. The normalized spacial score (nSPS) is 17.8. The minimum absolute atomic E-state index is 0. The first-order valence-corrected chi connectivity index (χ1v) is 9.51. The maximum Gasteiger partial charge on any atom is 0.147 e. The van der Waals surface area contributed by atoms with Crippen LogP contribution >= 0.6 is 12.4 Å². The largest absolute Gasteiger partial charge is 0.490 e. The summed E-state index contributed by atoms with van der Waals surface area (Å²) in [6, 6.07) is 8.38. The fraction of sp³-hybridized carbons (Fsp3) is 0.500. The number of aromatic nitrogens is 3. The molecule has 27 heavy (non-hydrogen) atoms. The van der Waals surface area contributed by atoms with Gasteiger partial charge in [0.15, 0.2) is 0 Å². The first-order valence-electron chi connectivity index (χ1n) is 9.51. The number of hydrogen-bond acceptors (Lipinski definition) is 5. The standard InChI is InChI=1S/C20H27N5O.ClH/c1-2-12-26-18-5-3-4-16(13-18)15-24-9-6-17(7-10-24)20-23-22-19-14-21-8-11-25(19)20;/h2-5,13,17,21H,1,6-12,14-15H2;1H. The predicted molar refractivity (Wildman–Crippen MR) is 108 cm³/mol. The predicted octanol–water partition coefficient (Wildman–Crippen LogP) is 2.75. The van der Waals surface area contributed by atoms with Crippen molar-refractivity contribution in [2.45, 2.75) is 38.4 Å². The van der Waals surface area contributed by atoms with E-state index in [2.05, 4.69) is 49.8 Å². The SMILES string of the molecule is C=CCOc1cccc(CN2CCC(c3nnc4n3CCNC4)CC2)c1.Cl. The molecule has 1 saturated heterocycles.